The Hall–Kier alpha value is -2.00. The first-order chi connectivity index (χ1) is 11.4. The second kappa shape index (κ2) is 6.48. The summed E-state index contributed by atoms with van der Waals surface area (Å²) in [5.41, 5.74) is 0. The van der Waals surface area contributed by atoms with Crippen LogP contribution in [0.4, 0.5) is 5.82 Å². The van der Waals surface area contributed by atoms with E-state index >= 15 is 0 Å². The van der Waals surface area contributed by atoms with Crippen LogP contribution in [0.5, 0.6) is 0 Å². The van der Waals surface area contributed by atoms with Gasteiger partial charge in [-0.05, 0) is 38.8 Å². The van der Waals surface area contributed by atoms with Crippen LogP contribution >= 0.6 is 0 Å². The summed E-state index contributed by atoms with van der Waals surface area (Å²) in [6.45, 7) is 5.56. The maximum atomic E-state index is 11.8. The molecule has 3 heterocycles. The van der Waals surface area contributed by atoms with Crippen molar-refractivity contribution in [3.05, 3.63) is 30.5 Å². The molecule has 0 saturated carbocycles. The quantitative estimate of drug-likeness (QED) is 0.890. The molecule has 2 aromatic rings. The molecule has 1 saturated heterocycles. The fourth-order valence-electron chi connectivity index (χ4n) is 3.16. The third-order valence-electron chi connectivity index (χ3n) is 4.30. The van der Waals surface area contributed by atoms with Crippen LogP contribution in [0.15, 0.2) is 29.6 Å². The number of hydrogen-bond acceptors (Lipinski definition) is 6. The van der Waals surface area contributed by atoms with Crippen LogP contribution < -0.4 is 10.0 Å². The molecule has 8 nitrogen and oxygen atoms in total. The van der Waals surface area contributed by atoms with Crippen molar-refractivity contribution in [3.63, 3.8) is 0 Å². The summed E-state index contributed by atoms with van der Waals surface area (Å²) in [6, 6.07) is 3.36. The van der Waals surface area contributed by atoms with Crippen LogP contribution in [0.1, 0.15) is 44.5 Å². The number of piperidine rings is 1. The average molecular weight is 350 g/mol. The predicted molar refractivity (Wildman–Crippen MR) is 90.2 cm³/mol. The molecule has 0 amide bonds. The SMILES string of the molecule is CC(C)n1cnnc1C1CCCN(c2ncccc2S(N)(=O)=O)C1. The molecule has 1 fully saturated rings. The Morgan fingerprint density at radius 1 is 1.38 bits per heavy atom. The van der Waals surface area contributed by atoms with E-state index in [0.29, 0.717) is 12.4 Å². The van der Waals surface area contributed by atoms with E-state index in [4.69, 9.17) is 5.14 Å². The lowest BCUT2D eigenvalue weighted by Crippen LogP contribution is -2.37. The van der Waals surface area contributed by atoms with Gasteiger partial charge in [-0.25, -0.2) is 18.5 Å². The Morgan fingerprint density at radius 3 is 2.88 bits per heavy atom. The number of anilines is 1. The van der Waals surface area contributed by atoms with Crippen molar-refractivity contribution in [2.45, 2.75) is 43.5 Å². The monoisotopic (exact) mass is 350 g/mol. The van der Waals surface area contributed by atoms with Gasteiger partial charge in [0.2, 0.25) is 10.0 Å². The standard InChI is InChI=1S/C15H22N6O2S/c1-11(2)21-10-18-19-14(21)12-5-4-8-20(9-12)15-13(24(16,22)23)6-3-7-17-15/h3,6-7,10-12H,4-5,8-9H2,1-2H3,(H2,16,22,23). The zero-order chi connectivity index (χ0) is 17.3. The molecular weight excluding hydrogens is 328 g/mol. The van der Waals surface area contributed by atoms with E-state index in [0.717, 1.165) is 25.2 Å². The molecule has 24 heavy (non-hydrogen) atoms. The maximum absolute atomic E-state index is 11.8. The fourth-order valence-corrected chi connectivity index (χ4v) is 3.87. The molecule has 0 spiro atoms. The van der Waals surface area contributed by atoms with Crippen LogP contribution in [0, 0.1) is 0 Å². The van der Waals surface area contributed by atoms with E-state index in [1.54, 1.807) is 18.6 Å². The first-order valence-corrected chi connectivity index (χ1v) is 9.54. The molecule has 2 N–H and O–H groups in total. The van der Waals surface area contributed by atoms with E-state index in [1.165, 1.54) is 6.07 Å². The number of nitrogens with two attached hydrogens (primary N) is 1. The summed E-state index contributed by atoms with van der Waals surface area (Å²) < 4.78 is 25.7. The summed E-state index contributed by atoms with van der Waals surface area (Å²) in [7, 11) is -3.81. The summed E-state index contributed by atoms with van der Waals surface area (Å²) >= 11 is 0. The first-order valence-electron chi connectivity index (χ1n) is 8.00. The van der Waals surface area contributed by atoms with Crippen LogP contribution in [0.3, 0.4) is 0 Å². The van der Waals surface area contributed by atoms with Crippen molar-refractivity contribution in [1.82, 2.24) is 19.7 Å². The minimum absolute atomic E-state index is 0.0657. The van der Waals surface area contributed by atoms with Gasteiger partial charge in [0.25, 0.3) is 0 Å². The van der Waals surface area contributed by atoms with Gasteiger partial charge in [-0.3, -0.25) is 0 Å². The van der Waals surface area contributed by atoms with E-state index < -0.39 is 10.0 Å². The zero-order valence-electron chi connectivity index (χ0n) is 13.8. The van der Waals surface area contributed by atoms with Gasteiger partial charge in [0.15, 0.2) is 0 Å². The Labute approximate surface area is 141 Å². The highest BCUT2D eigenvalue weighted by Gasteiger charge is 2.29. The van der Waals surface area contributed by atoms with Crippen molar-refractivity contribution < 1.29 is 8.42 Å². The third kappa shape index (κ3) is 3.27. The van der Waals surface area contributed by atoms with Crippen LogP contribution in [-0.2, 0) is 10.0 Å². The lowest BCUT2D eigenvalue weighted by Gasteiger charge is -2.34. The van der Waals surface area contributed by atoms with Crippen LogP contribution in [-0.4, -0.2) is 41.3 Å². The summed E-state index contributed by atoms with van der Waals surface area (Å²) in [5.74, 6) is 1.53. The molecule has 3 rings (SSSR count). The predicted octanol–water partition coefficient (Wildman–Crippen LogP) is 1.29. The molecule has 9 heteroatoms. The third-order valence-corrected chi connectivity index (χ3v) is 5.23. The van der Waals surface area contributed by atoms with Gasteiger partial charge >= 0.3 is 0 Å². The van der Waals surface area contributed by atoms with Crippen LogP contribution in [0.2, 0.25) is 0 Å². The van der Waals surface area contributed by atoms with E-state index in [1.807, 2.05) is 4.90 Å². The maximum Gasteiger partial charge on any atom is 0.241 e. The van der Waals surface area contributed by atoms with Crippen LogP contribution in [0.25, 0.3) is 0 Å². The molecule has 0 radical (unpaired) electrons. The topological polar surface area (TPSA) is 107 Å². The number of nitrogens with zero attached hydrogens (tertiary/aromatic N) is 5. The molecule has 1 aliphatic heterocycles. The normalized spacial score (nSPS) is 19.0. The summed E-state index contributed by atoms with van der Waals surface area (Å²) in [6.07, 6.45) is 5.25. The summed E-state index contributed by atoms with van der Waals surface area (Å²) in [4.78, 5) is 6.31. The van der Waals surface area contributed by atoms with Gasteiger partial charge in [-0.1, -0.05) is 0 Å². The number of hydrogen-bond donors (Lipinski definition) is 1. The number of primary sulfonamides is 1. The average Bonchev–Trinajstić information content (AvgIpc) is 3.04. The van der Waals surface area contributed by atoms with Gasteiger partial charge < -0.3 is 9.47 Å². The number of aromatic nitrogens is 4. The van der Waals surface area contributed by atoms with Crippen molar-refractivity contribution >= 4 is 15.8 Å². The van der Waals surface area contributed by atoms with Gasteiger partial charge in [-0.15, -0.1) is 10.2 Å². The molecule has 0 aliphatic carbocycles. The second-order valence-corrected chi connectivity index (χ2v) is 7.88. The van der Waals surface area contributed by atoms with E-state index in [9.17, 15) is 8.42 Å². The largest absolute Gasteiger partial charge is 0.355 e. The Morgan fingerprint density at radius 2 is 2.17 bits per heavy atom. The lowest BCUT2D eigenvalue weighted by molar-refractivity contribution is 0.451. The summed E-state index contributed by atoms with van der Waals surface area (Å²) in [5, 5.41) is 13.7. The molecule has 1 atom stereocenters. The fraction of sp³-hybridized carbons (Fsp3) is 0.533. The molecule has 1 aliphatic rings. The molecule has 2 aromatic heterocycles. The van der Waals surface area contributed by atoms with Gasteiger partial charge in [0.05, 0.1) is 0 Å². The van der Waals surface area contributed by atoms with Gasteiger partial charge in [0, 0.05) is 31.2 Å². The molecule has 130 valence electrons. The number of sulfonamides is 1. The van der Waals surface area contributed by atoms with E-state index in [-0.39, 0.29) is 16.9 Å². The Bertz CT molecular complexity index is 817. The number of pyridine rings is 1. The highest BCUT2D eigenvalue weighted by molar-refractivity contribution is 7.89. The van der Waals surface area contributed by atoms with Crippen molar-refractivity contribution in [3.8, 4) is 0 Å². The Kier molecular flexibility index (Phi) is 4.55. The number of rotatable bonds is 4. The zero-order valence-corrected chi connectivity index (χ0v) is 14.6. The lowest BCUT2D eigenvalue weighted by atomic mass is 9.97. The minimum Gasteiger partial charge on any atom is -0.355 e. The van der Waals surface area contributed by atoms with Crippen molar-refractivity contribution in [2.75, 3.05) is 18.0 Å². The Balaban J connectivity index is 1.91. The van der Waals surface area contributed by atoms with Crippen molar-refractivity contribution in [2.24, 2.45) is 5.14 Å². The highest BCUT2D eigenvalue weighted by Crippen LogP contribution is 2.31. The molecule has 0 bridgehead atoms. The molecular formula is C15H22N6O2S. The smallest absolute Gasteiger partial charge is 0.241 e. The van der Waals surface area contributed by atoms with Gasteiger partial charge in [0.1, 0.15) is 22.9 Å². The minimum atomic E-state index is -3.81. The highest BCUT2D eigenvalue weighted by atomic mass is 32.2. The first kappa shape index (κ1) is 16.8. The van der Waals surface area contributed by atoms with Gasteiger partial charge in [-0.2, -0.15) is 0 Å². The second-order valence-electron chi connectivity index (χ2n) is 6.35. The molecule has 0 aromatic carbocycles. The van der Waals surface area contributed by atoms with Crippen molar-refractivity contribution in [1.29, 1.82) is 0 Å². The molecule has 1 unspecified atom stereocenters. The van der Waals surface area contributed by atoms with E-state index in [2.05, 4.69) is 33.6 Å².